The minimum atomic E-state index is 0.178. The van der Waals surface area contributed by atoms with Gasteiger partial charge in [0.25, 0.3) is 0 Å². The normalized spacial score (nSPS) is 21.2. The smallest absolute Gasteiger partial charge is 0.189 e. The summed E-state index contributed by atoms with van der Waals surface area (Å²) >= 11 is 1.73. The van der Waals surface area contributed by atoms with E-state index in [1.807, 2.05) is 18.2 Å². The molecule has 0 radical (unpaired) electrons. The highest BCUT2D eigenvalue weighted by atomic mass is 32.1. The number of aromatic nitrogens is 1. The molecule has 4 rings (SSSR count). The summed E-state index contributed by atoms with van der Waals surface area (Å²) in [5.74, 6) is 2.10. The Balaban J connectivity index is 1.24. The Morgan fingerprint density at radius 2 is 2.14 bits per heavy atom. The van der Waals surface area contributed by atoms with Gasteiger partial charge >= 0.3 is 0 Å². The first-order valence-corrected chi connectivity index (χ1v) is 11.0. The van der Waals surface area contributed by atoms with Crippen LogP contribution in [-0.2, 0) is 6.54 Å². The molecule has 0 amide bonds. The monoisotopic (exact) mass is 399 g/mol. The van der Waals surface area contributed by atoms with Crippen LogP contribution >= 0.6 is 11.3 Å². The highest BCUT2D eigenvalue weighted by molar-refractivity contribution is 7.09. The van der Waals surface area contributed by atoms with E-state index in [2.05, 4.69) is 38.6 Å². The second kappa shape index (κ2) is 8.92. The van der Waals surface area contributed by atoms with Crippen LogP contribution in [0.2, 0.25) is 0 Å². The average molecular weight is 400 g/mol. The predicted molar refractivity (Wildman–Crippen MR) is 114 cm³/mol. The Bertz CT molecular complexity index is 813. The van der Waals surface area contributed by atoms with E-state index in [0.29, 0.717) is 18.5 Å². The summed E-state index contributed by atoms with van der Waals surface area (Å²) < 4.78 is 5.72. The van der Waals surface area contributed by atoms with Crippen molar-refractivity contribution in [3.63, 3.8) is 0 Å². The maximum absolute atomic E-state index is 6.19. The van der Waals surface area contributed by atoms with Gasteiger partial charge in [0.05, 0.1) is 23.4 Å². The number of guanidine groups is 1. The summed E-state index contributed by atoms with van der Waals surface area (Å²) in [6.45, 7) is 6.75. The van der Waals surface area contributed by atoms with Crippen LogP contribution < -0.4 is 15.8 Å². The zero-order chi connectivity index (χ0) is 19.3. The van der Waals surface area contributed by atoms with E-state index < -0.39 is 0 Å². The Morgan fingerprint density at radius 1 is 1.32 bits per heavy atom. The number of thiazole rings is 1. The largest absolute Gasteiger partial charge is 0.493 e. The first-order chi connectivity index (χ1) is 13.7. The predicted octanol–water partition coefficient (Wildman–Crippen LogP) is 3.09. The highest BCUT2D eigenvalue weighted by Crippen LogP contribution is 2.31. The van der Waals surface area contributed by atoms with Gasteiger partial charge in [0, 0.05) is 30.5 Å². The van der Waals surface area contributed by atoms with Crippen molar-refractivity contribution in [2.45, 2.75) is 38.8 Å². The molecule has 1 atom stereocenters. The summed E-state index contributed by atoms with van der Waals surface area (Å²) in [5, 5.41) is 6.71. The number of benzene rings is 1. The molecule has 1 aromatic heterocycles. The van der Waals surface area contributed by atoms with E-state index in [0.717, 1.165) is 48.9 Å². The van der Waals surface area contributed by atoms with Crippen LogP contribution in [0.4, 0.5) is 0 Å². The number of nitrogens with two attached hydrogens (primary N) is 1. The molecule has 1 aromatic carbocycles. The van der Waals surface area contributed by atoms with Crippen LogP contribution in [0, 0.1) is 12.8 Å². The zero-order valence-electron chi connectivity index (χ0n) is 16.4. The number of hydrogen-bond donors (Lipinski definition) is 2. The van der Waals surface area contributed by atoms with E-state index in [1.165, 1.54) is 18.5 Å². The summed E-state index contributed by atoms with van der Waals surface area (Å²) in [6, 6.07) is 8.32. The molecule has 1 unspecified atom stereocenters. The Kier molecular flexibility index (Phi) is 6.12. The molecule has 28 heavy (non-hydrogen) atoms. The molecule has 6 nitrogen and oxygen atoms in total. The molecule has 0 spiro atoms. The van der Waals surface area contributed by atoms with Gasteiger partial charge in [0.2, 0.25) is 0 Å². The van der Waals surface area contributed by atoms with Gasteiger partial charge < -0.3 is 15.8 Å². The van der Waals surface area contributed by atoms with Crippen LogP contribution in [0.3, 0.4) is 0 Å². The number of ether oxygens (including phenoxy) is 1. The van der Waals surface area contributed by atoms with Gasteiger partial charge in [-0.15, -0.1) is 11.3 Å². The van der Waals surface area contributed by atoms with E-state index in [4.69, 9.17) is 10.5 Å². The number of aliphatic imine (C=N–C) groups is 1. The lowest BCUT2D eigenvalue weighted by atomic mass is 9.97. The standard InChI is InChI=1S/C21H29N5OS/c1-15-24-17(14-28-15)13-26-9-6-16(7-10-26)12-23-21(22)25-19-8-11-27-20-5-3-2-4-18(19)20/h2-5,14,16,19H,6-13H2,1H3,(H3,22,23,25). The number of fused-ring (bicyclic) bond motifs is 1. The number of likely N-dealkylation sites (tertiary alicyclic amines) is 1. The Hall–Kier alpha value is -2.12. The van der Waals surface area contributed by atoms with Gasteiger partial charge in [-0.05, 0) is 44.8 Å². The second-order valence-corrected chi connectivity index (χ2v) is 8.74. The molecular weight excluding hydrogens is 370 g/mol. The van der Waals surface area contributed by atoms with Crippen LogP contribution in [0.5, 0.6) is 5.75 Å². The molecule has 0 aliphatic carbocycles. The molecular formula is C21H29N5OS. The number of nitrogens with zero attached hydrogens (tertiary/aromatic N) is 3. The molecule has 2 aromatic rings. The van der Waals surface area contributed by atoms with Crippen molar-refractivity contribution in [3.8, 4) is 5.75 Å². The van der Waals surface area contributed by atoms with Crippen molar-refractivity contribution in [1.82, 2.24) is 15.2 Å². The van der Waals surface area contributed by atoms with Crippen molar-refractivity contribution in [2.24, 2.45) is 16.6 Å². The van der Waals surface area contributed by atoms with Crippen molar-refractivity contribution >= 4 is 17.3 Å². The first-order valence-electron chi connectivity index (χ1n) is 10.1. The van der Waals surface area contributed by atoms with Gasteiger partial charge in [-0.3, -0.25) is 9.89 Å². The molecule has 7 heteroatoms. The lowest BCUT2D eigenvalue weighted by Gasteiger charge is -2.31. The fraction of sp³-hybridized carbons (Fsp3) is 0.524. The molecule has 150 valence electrons. The quantitative estimate of drug-likeness (QED) is 0.597. The SMILES string of the molecule is Cc1nc(CN2CCC(CN=C(N)NC3CCOc4ccccc43)CC2)cs1. The summed E-state index contributed by atoms with van der Waals surface area (Å²) in [4.78, 5) is 11.7. The molecule has 1 fully saturated rings. The topological polar surface area (TPSA) is 75.8 Å². The van der Waals surface area contributed by atoms with Gasteiger partial charge in [-0.1, -0.05) is 18.2 Å². The first kappa shape index (κ1) is 19.2. The van der Waals surface area contributed by atoms with Gasteiger partial charge in [-0.2, -0.15) is 0 Å². The minimum absolute atomic E-state index is 0.178. The molecule has 1 saturated heterocycles. The molecule has 3 N–H and O–H groups in total. The van der Waals surface area contributed by atoms with Gasteiger partial charge in [0.1, 0.15) is 5.75 Å². The molecule has 2 aliphatic heterocycles. The minimum Gasteiger partial charge on any atom is -0.493 e. The zero-order valence-corrected chi connectivity index (χ0v) is 17.3. The van der Waals surface area contributed by atoms with Crippen LogP contribution in [0.15, 0.2) is 34.6 Å². The number of nitrogens with one attached hydrogen (secondary N) is 1. The summed E-state index contributed by atoms with van der Waals surface area (Å²) in [7, 11) is 0. The highest BCUT2D eigenvalue weighted by Gasteiger charge is 2.22. The second-order valence-electron chi connectivity index (χ2n) is 7.68. The fourth-order valence-corrected chi connectivity index (χ4v) is 4.58. The van der Waals surface area contributed by atoms with E-state index in [9.17, 15) is 0 Å². The summed E-state index contributed by atoms with van der Waals surface area (Å²) in [5.41, 5.74) is 8.55. The van der Waals surface area contributed by atoms with Crippen molar-refractivity contribution in [2.75, 3.05) is 26.2 Å². The number of rotatable bonds is 5. The Labute approximate surface area is 170 Å². The third-order valence-corrected chi connectivity index (χ3v) is 6.38. The number of aryl methyl sites for hydroxylation is 1. The lowest BCUT2D eigenvalue weighted by molar-refractivity contribution is 0.179. The molecule has 0 bridgehead atoms. The number of hydrogen-bond acceptors (Lipinski definition) is 5. The maximum Gasteiger partial charge on any atom is 0.189 e. The fourth-order valence-electron chi connectivity index (χ4n) is 3.98. The van der Waals surface area contributed by atoms with E-state index >= 15 is 0 Å². The third kappa shape index (κ3) is 4.83. The van der Waals surface area contributed by atoms with Crippen molar-refractivity contribution < 1.29 is 4.74 Å². The van der Waals surface area contributed by atoms with Crippen LogP contribution in [-0.4, -0.2) is 42.1 Å². The lowest BCUT2D eigenvalue weighted by Crippen LogP contribution is -2.38. The number of piperidine rings is 1. The molecule has 3 heterocycles. The Morgan fingerprint density at radius 3 is 2.93 bits per heavy atom. The average Bonchev–Trinajstić information content (AvgIpc) is 3.12. The maximum atomic E-state index is 6.19. The van der Waals surface area contributed by atoms with Crippen LogP contribution in [0.25, 0.3) is 0 Å². The molecule has 0 saturated carbocycles. The third-order valence-electron chi connectivity index (χ3n) is 5.56. The van der Waals surface area contributed by atoms with E-state index in [1.54, 1.807) is 11.3 Å². The van der Waals surface area contributed by atoms with Gasteiger partial charge in [0.15, 0.2) is 5.96 Å². The van der Waals surface area contributed by atoms with Crippen molar-refractivity contribution in [1.29, 1.82) is 0 Å². The van der Waals surface area contributed by atoms with E-state index in [-0.39, 0.29) is 6.04 Å². The summed E-state index contributed by atoms with van der Waals surface area (Å²) in [6.07, 6.45) is 3.24. The number of para-hydroxylation sites is 1. The van der Waals surface area contributed by atoms with Gasteiger partial charge in [-0.25, -0.2) is 4.98 Å². The van der Waals surface area contributed by atoms with Crippen molar-refractivity contribution in [3.05, 3.63) is 45.9 Å². The van der Waals surface area contributed by atoms with Crippen LogP contribution in [0.1, 0.15) is 41.6 Å². The molecule has 2 aliphatic rings.